The average Bonchev–Trinajstić information content (AvgIpc) is 2.78. The number of carbonyl (C=O) groups excluding carboxylic acids is 2. The normalized spacial score (nSPS) is 11.7. The number of aryl methyl sites for hydroxylation is 2. The molecule has 2 rings (SSSR count). The van der Waals surface area contributed by atoms with Crippen LogP contribution in [0.5, 0.6) is 11.5 Å². The second-order valence-electron chi connectivity index (χ2n) is 8.52. The zero-order chi connectivity index (χ0) is 23.7. The van der Waals surface area contributed by atoms with E-state index < -0.39 is 6.04 Å². The van der Waals surface area contributed by atoms with E-state index in [4.69, 9.17) is 9.47 Å². The summed E-state index contributed by atoms with van der Waals surface area (Å²) in [4.78, 5) is 27.7. The van der Waals surface area contributed by atoms with Crippen LogP contribution in [0, 0.1) is 12.8 Å². The summed E-state index contributed by atoms with van der Waals surface area (Å²) in [5, 5.41) is 2.95. The molecule has 0 saturated heterocycles. The van der Waals surface area contributed by atoms with Gasteiger partial charge in [0, 0.05) is 19.5 Å². The van der Waals surface area contributed by atoms with E-state index in [1.54, 1.807) is 26.0 Å². The van der Waals surface area contributed by atoms with Gasteiger partial charge in [-0.1, -0.05) is 49.7 Å². The molecule has 0 aromatic heterocycles. The van der Waals surface area contributed by atoms with Gasteiger partial charge in [0.2, 0.25) is 11.8 Å². The molecule has 2 aromatic rings. The second-order valence-corrected chi connectivity index (χ2v) is 8.52. The minimum Gasteiger partial charge on any atom is -0.493 e. The zero-order valence-corrected chi connectivity index (χ0v) is 20.1. The third-order valence-electron chi connectivity index (χ3n) is 5.36. The van der Waals surface area contributed by atoms with Crippen molar-refractivity contribution in [1.29, 1.82) is 0 Å². The van der Waals surface area contributed by atoms with Crippen molar-refractivity contribution in [3.63, 3.8) is 0 Å². The fraction of sp³-hybridized carbons (Fsp3) is 0.462. The highest BCUT2D eigenvalue weighted by Gasteiger charge is 2.26. The van der Waals surface area contributed by atoms with Crippen LogP contribution in [0.3, 0.4) is 0 Å². The van der Waals surface area contributed by atoms with E-state index in [9.17, 15) is 9.59 Å². The smallest absolute Gasteiger partial charge is 0.242 e. The number of carbonyl (C=O) groups is 2. The Labute approximate surface area is 191 Å². The molecule has 6 nitrogen and oxygen atoms in total. The molecule has 0 fully saturated rings. The number of benzene rings is 2. The van der Waals surface area contributed by atoms with Crippen molar-refractivity contribution >= 4 is 11.8 Å². The van der Waals surface area contributed by atoms with Gasteiger partial charge in [-0.05, 0) is 49.4 Å². The Morgan fingerprint density at radius 1 is 0.969 bits per heavy atom. The van der Waals surface area contributed by atoms with E-state index in [2.05, 4.69) is 5.32 Å². The molecule has 0 radical (unpaired) electrons. The van der Waals surface area contributed by atoms with Crippen LogP contribution in [0.15, 0.2) is 42.5 Å². The number of nitrogens with zero attached hydrogens (tertiary/aromatic N) is 1. The molecular formula is C26H36N2O4. The van der Waals surface area contributed by atoms with E-state index in [-0.39, 0.29) is 11.8 Å². The van der Waals surface area contributed by atoms with Crippen molar-refractivity contribution in [2.45, 2.75) is 53.1 Å². The fourth-order valence-electron chi connectivity index (χ4n) is 3.47. The Bertz CT molecular complexity index is 910. The maximum atomic E-state index is 13.3. The van der Waals surface area contributed by atoms with Gasteiger partial charge in [-0.15, -0.1) is 0 Å². The number of ether oxygens (including phenoxy) is 2. The van der Waals surface area contributed by atoms with Crippen molar-refractivity contribution < 1.29 is 19.1 Å². The first-order valence-corrected chi connectivity index (χ1v) is 11.1. The highest BCUT2D eigenvalue weighted by atomic mass is 16.5. The summed E-state index contributed by atoms with van der Waals surface area (Å²) in [5.74, 6) is 1.44. The quantitative estimate of drug-likeness (QED) is 0.570. The molecule has 0 bridgehead atoms. The third kappa shape index (κ3) is 7.29. The first-order chi connectivity index (χ1) is 15.2. The molecule has 0 aliphatic rings. The standard InChI is InChI=1S/C26H36N2O4/c1-18(2)16-27-26(30)20(4)28(17-22-9-7-8-19(3)14-22)25(29)13-11-21-10-12-23(31-5)24(15-21)32-6/h7-10,12,14-15,18,20H,11,13,16-17H2,1-6H3,(H,27,30)/t20-/m1/s1. The molecule has 32 heavy (non-hydrogen) atoms. The van der Waals surface area contributed by atoms with Crippen molar-refractivity contribution in [2.75, 3.05) is 20.8 Å². The largest absolute Gasteiger partial charge is 0.493 e. The highest BCUT2D eigenvalue weighted by Crippen LogP contribution is 2.28. The molecular weight excluding hydrogens is 404 g/mol. The minimum absolute atomic E-state index is 0.0616. The topological polar surface area (TPSA) is 67.9 Å². The van der Waals surface area contributed by atoms with Crippen LogP contribution in [0.25, 0.3) is 0 Å². The Hall–Kier alpha value is -3.02. The summed E-state index contributed by atoms with van der Waals surface area (Å²) in [5.41, 5.74) is 3.11. The van der Waals surface area contributed by atoms with Crippen molar-refractivity contribution in [2.24, 2.45) is 5.92 Å². The summed E-state index contributed by atoms with van der Waals surface area (Å²) in [6.45, 7) is 8.88. The van der Waals surface area contributed by atoms with Crippen LogP contribution < -0.4 is 14.8 Å². The highest BCUT2D eigenvalue weighted by molar-refractivity contribution is 5.87. The lowest BCUT2D eigenvalue weighted by Crippen LogP contribution is -2.48. The van der Waals surface area contributed by atoms with Crippen LogP contribution in [0.1, 0.15) is 43.9 Å². The average molecular weight is 441 g/mol. The SMILES string of the molecule is COc1ccc(CCC(=O)N(Cc2cccc(C)c2)[C@H](C)C(=O)NCC(C)C)cc1OC. The third-order valence-corrected chi connectivity index (χ3v) is 5.36. The Morgan fingerprint density at radius 3 is 2.31 bits per heavy atom. The summed E-state index contributed by atoms with van der Waals surface area (Å²) in [7, 11) is 3.18. The zero-order valence-electron chi connectivity index (χ0n) is 20.1. The van der Waals surface area contributed by atoms with E-state index in [1.807, 2.05) is 63.2 Å². The van der Waals surface area contributed by atoms with E-state index in [0.717, 1.165) is 16.7 Å². The second kappa shape index (κ2) is 12.1. The van der Waals surface area contributed by atoms with Crippen molar-refractivity contribution in [3.05, 3.63) is 59.2 Å². The van der Waals surface area contributed by atoms with Crippen molar-refractivity contribution in [1.82, 2.24) is 10.2 Å². The first-order valence-electron chi connectivity index (χ1n) is 11.1. The predicted molar refractivity (Wildman–Crippen MR) is 127 cm³/mol. The molecule has 0 heterocycles. The molecule has 174 valence electrons. The molecule has 0 saturated carbocycles. The molecule has 0 aliphatic carbocycles. The van der Waals surface area contributed by atoms with Crippen molar-refractivity contribution in [3.8, 4) is 11.5 Å². The lowest BCUT2D eigenvalue weighted by molar-refractivity contribution is -0.140. The fourth-order valence-corrected chi connectivity index (χ4v) is 3.47. The first kappa shape index (κ1) is 25.2. The van der Waals surface area contributed by atoms with E-state index in [0.29, 0.717) is 43.3 Å². The number of amides is 2. The Morgan fingerprint density at radius 2 is 1.69 bits per heavy atom. The maximum absolute atomic E-state index is 13.3. The molecule has 1 atom stereocenters. The van der Waals surface area contributed by atoms with Crippen LogP contribution in [-0.2, 0) is 22.6 Å². The van der Waals surface area contributed by atoms with Gasteiger partial charge < -0.3 is 19.7 Å². The number of methoxy groups -OCH3 is 2. The number of hydrogen-bond donors (Lipinski definition) is 1. The summed E-state index contributed by atoms with van der Waals surface area (Å²) in [6, 6.07) is 13.1. The van der Waals surface area contributed by atoms with E-state index >= 15 is 0 Å². The summed E-state index contributed by atoms with van der Waals surface area (Å²) < 4.78 is 10.6. The number of hydrogen-bond acceptors (Lipinski definition) is 4. The van der Waals surface area contributed by atoms with Gasteiger partial charge in [-0.2, -0.15) is 0 Å². The van der Waals surface area contributed by atoms with Crippen LogP contribution >= 0.6 is 0 Å². The van der Waals surface area contributed by atoms with Gasteiger partial charge in [-0.3, -0.25) is 9.59 Å². The number of rotatable bonds is 11. The number of nitrogens with one attached hydrogen (secondary N) is 1. The monoisotopic (exact) mass is 440 g/mol. The summed E-state index contributed by atoms with van der Waals surface area (Å²) >= 11 is 0. The predicted octanol–water partition coefficient (Wildman–Crippen LogP) is 4.13. The van der Waals surface area contributed by atoms with Gasteiger partial charge in [0.05, 0.1) is 14.2 Å². The van der Waals surface area contributed by atoms with Gasteiger partial charge in [0.15, 0.2) is 11.5 Å². The molecule has 0 unspecified atom stereocenters. The van der Waals surface area contributed by atoms with Gasteiger partial charge >= 0.3 is 0 Å². The molecule has 1 N–H and O–H groups in total. The minimum atomic E-state index is -0.563. The Kier molecular flexibility index (Phi) is 9.57. The molecule has 0 aliphatic heterocycles. The molecule has 6 heteroatoms. The lowest BCUT2D eigenvalue weighted by Gasteiger charge is -2.29. The molecule has 2 amide bonds. The van der Waals surface area contributed by atoms with E-state index in [1.165, 1.54) is 0 Å². The van der Waals surface area contributed by atoms with Crippen LogP contribution in [0.2, 0.25) is 0 Å². The molecule has 2 aromatic carbocycles. The van der Waals surface area contributed by atoms with Crippen LogP contribution in [-0.4, -0.2) is 43.5 Å². The van der Waals surface area contributed by atoms with Gasteiger partial charge in [0.1, 0.15) is 6.04 Å². The van der Waals surface area contributed by atoms with Gasteiger partial charge in [-0.25, -0.2) is 0 Å². The van der Waals surface area contributed by atoms with Gasteiger partial charge in [0.25, 0.3) is 0 Å². The summed E-state index contributed by atoms with van der Waals surface area (Å²) in [6.07, 6.45) is 0.840. The Balaban J connectivity index is 2.16. The molecule has 0 spiro atoms. The van der Waals surface area contributed by atoms with Crippen LogP contribution in [0.4, 0.5) is 0 Å². The lowest BCUT2D eigenvalue weighted by atomic mass is 10.1. The maximum Gasteiger partial charge on any atom is 0.242 e.